The quantitative estimate of drug-likeness (QED) is 0.772. The highest BCUT2D eigenvalue weighted by Crippen LogP contribution is 2.16. The van der Waals surface area contributed by atoms with Gasteiger partial charge >= 0.3 is 0 Å². The van der Waals surface area contributed by atoms with E-state index in [0.717, 1.165) is 31.9 Å². The van der Waals surface area contributed by atoms with Crippen LogP contribution >= 0.6 is 11.8 Å². The molecule has 1 aliphatic heterocycles. The number of thioether (sulfide) groups is 1. The Kier molecular flexibility index (Phi) is 8.26. The van der Waals surface area contributed by atoms with E-state index in [2.05, 4.69) is 28.4 Å². The zero-order valence-electron chi connectivity index (χ0n) is 15.2. The number of benzene rings is 1. The molecule has 0 bridgehead atoms. The molecule has 0 spiro atoms. The van der Waals surface area contributed by atoms with E-state index >= 15 is 0 Å². The average Bonchev–Trinajstić information content (AvgIpc) is 2.62. The standard InChI is InChI=1S/C19H28N4OS/c1-3-22(13-16(2)12-20)15-19(24)21-18-6-4-5-17(11-18)14-23-7-9-25-10-8-23/h4-6,11,16H,3,7-10,13-15H2,1-2H3,(H,21,24). The highest BCUT2D eigenvalue weighted by Gasteiger charge is 2.14. The van der Waals surface area contributed by atoms with Crippen LogP contribution in [-0.2, 0) is 11.3 Å². The summed E-state index contributed by atoms with van der Waals surface area (Å²) in [7, 11) is 0. The molecule has 1 unspecified atom stereocenters. The molecule has 25 heavy (non-hydrogen) atoms. The van der Waals surface area contributed by atoms with Crippen LogP contribution in [0.25, 0.3) is 0 Å². The second kappa shape index (κ2) is 10.4. The lowest BCUT2D eigenvalue weighted by Crippen LogP contribution is -2.35. The minimum atomic E-state index is -0.0706. The van der Waals surface area contributed by atoms with Gasteiger partial charge in [0.2, 0.25) is 5.91 Å². The first kappa shape index (κ1) is 19.8. The predicted molar refractivity (Wildman–Crippen MR) is 105 cm³/mol. The minimum absolute atomic E-state index is 0.0292. The molecule has 1 saturated heterocycles. The van der Waals surface area contributed by atoms with Gasteiger partial charge in [-0.2, -0.15) is 17.0 Å². The molecule has 1 amide bonds. The van der Waals surface area contributed by atoms with Crippen LogP contribution < -0.4 is 5.32 Å². The number of nitriles is 1. The summed E-state index contributed by atoms with van der Waals surface area (Å²) in [6.45, 7) is 8.77. The van der Waals surface area contributed by atoms with Gasteiger partial charge in [-0.05, 0) is 31.2 Å². The van der Waals surface area contributed by atoms with Gasteiger partial charge in [0.15, 0.2) is 0 Å². The highest BCUT2D eigenvalue weighted by molar-refractivity contribution is 7.99. The van der Waals surface area contributed by atoms with Gasteiger partial charge in [0.05, 0.1) is 18.5 Å². The number of hydrogen-bond donors (Lipinski definition) is 1. The lowest BCUT2D eigenvalue weighted by Gasteiger charge is -2.26. The maximum Gasteiger partial charge on any atom is 0.238 e. The fourth-order valence-electron chi connectivity index (χ4n) is 2.90. The Morgan fingerprint density at radius 1 is 1.44 bits per heavy atom. The third kappa shape index (κ3) is 7.07. The summed E-state index contributed by atoms with van der Waals surface area (Å²) in [5.41, 5.74) is 2.08. The molecule has 1 fully saturated rings. The Morgan fingerprint density at radius 3 is 2.88 bits per heavy atom. The second-order valence-corrected chi connectivity index (χ2v) is 7.72. The molecule has 136 valence electrons. The van der Waals surface area contributed by atoms with Crippen LogP contribution in [0.15, 0.2) is 24.3 Å². The van der Waals surface area contributed by atoms with Crippen molar-refractivity contribution in [1.82, 2.24) is 9.80 Å². The van der Waals surface area contributed by atoms with E-state index in [1.807, 2.05) is 42.6 Å². The lowest BCUT2D eigenvalue weighted by atomic mass is 10.2. The molecule has 1 heterocycles. The maximum atomic E-state index is 12.3. The van der Waals surface area contributed by atoms with E-state index in [4.69, 9.17) is 5.26 Å². The van der Waals surface area contributed by atoms with Crippen LogP contribution in [-0.4, -0.2) is 59.9 Å². The van der Waals surface area contributed by atoms with Crippen LogP contribution in [0.3, 0.4) is 0 Å². The largest absolute Gasteiger partial charge is 0.325 e. The number of carbonyl (C=O) groups is 1. The van der Waals surface area contributed by atoms with Gasteiger partial charge in [-0.25, -0.2) is 0 Å². The molecule has 2 rings (SSSR count). The van der Waals surface area contributed by atoms with Crippen molar-refractivity contribution in [2.75, 3.05) is 49.5 Å². The van der Waals surface area contributed by atoms with Crippen molar-refractivity contribution in [2.45, 2.75) is 20.4 Å². The SMILES string of the molecule is CCN(CC(=O)Nc1cccc(CN2CCSCC2)c1)CC(C)C#N. The zero-order chi connectivity index (χ0) is 18.1. The zero-order valence-corrected chi connectivity index (χ0v) is 16.0. The molecule has 0 radical (unpaired) electrons. The van der Waals surface area contributed by atoms with Gasteiger partial charge in [0, 0.05) is 43.4 Å². The number of amides is 1. The fraction of sp³-hybridized carbons (Fsp3) is 0.579. The minimum Gasteiger partial charge on any atom is -0.325 e. The van der Waals surface area contributed by atoms with Crippen LogP contribution in [0.5, 0.6) is 0 Å². The van der Waals surface area contributed by atoms with E-state index in [9.17, 15) is 4.79 Å². The van der Waals surface area contributed by atoms with Crippen molar-refractivity contribution >= 4 is 23.4 Å². The molecule has 0 aromatic heterocycles. The Hall–Kier alpha value is -1.55. The molecular weight excluding hydrogens is 332 g/mol. The fourth-order valence-corrected chi connectivity index (χ4v) is 3.88. The summed E-state index contributed by atoms with van der Waals surface area (Å²) in [6, 6.07) is 10.3. The summed E-state index contributed by atoms with van der Waals surface area (Å²) in [6.07, 6.45) is 0. The number of hydrogen-bond acceptors (Lipinski definition) is 5. The molecule has 5 nitrogen and oxygen atoms in total. The van der Waals surface area contributed by atoms with E-state index in [1.165, 1.54) is 17.1 Å². The molecule has 1 aromatic rings. The Labute approximate surface area is 155 Å². The van der Waals surface area contributed by atoms with Crippen molar-refractivity contribution in [2.24, 2.45) is 5.92 Å². The number of rotatable bonds is 8. The summed E-state index contributed by atoms with van der Waals surface area (Å²) < 4.78 is 0. The van der Waals surface area contributed by atoms with Crippen LogP contribution in [0.1, 0.15) is 19.4 Å². The molecule has 1 atom stereocenters. The van der Waals surface area contributed by atoms with Crippen LogP contribution in [0.4, 0.5) is 5.69 Å². The molecular formula is C19H28N4OS. The van der Waals surface area contributed by atoms with Gasteiger partial charge < -0.3 is 5.32 Å². The summed E-state index contributed by atoms with van der Waals surface area (Å²) in [4.78, 5) is 16.8. The smallest absolute Gasteiger partial charge is 0.238 e. The Balaban J connectivity index is 1.87. The summed E-state index contributed by atoms with van der Waals surface area (Å²) in [5.74, 6) is 2.30. The average molecular weight is 361 g/mol. The van der Waals surface area contributed by atoms with Crippen LogP contribution in [0, 0.1) is 17.2 Å². The van der Waals surface area contributed by atoms with E-state index in [1.54, 1.807) is 0 Å². The highest BCUT2D eigenvalue weighted by atomic mass is 32.2. The third-order valence-corrected chi connectivity index (χ3v) is 5.23. The number of anilines is 1. The molecule has 1 N–H and O–H groups in total. The van der Waals surface area contributed by atoms with Gasteiger partial charge in [0.1, 0.15) is 0 Å². The molecule has 1 aromatic carbocycles. The van der Waals surface area contributed by atoms with Gasteiger partial charge in [-0.1, -0.05) is 19.1 Å². The van der Waals surface area contributed by atoms with Crippen LogP contribution in [0.2, 0.25) is 0 Å². The van der Waals surface area contributed by atoms with E-state index < -0.39 is 0 Å². The number of nitrogens with one attached hydrogen (secondary N) is 1. The van der Waals surface area contributed by atoms with Crippen molar-refractivity contribution < 1.29 is 4.79 Å². The third-order valence-electron chi connectivity index (χ3n) is 4.29. The second-order valence-electron chi connectivity index (χ2n) is 6.49. The van der Waals surface area contributed by atoms with Gasteiger partial charge in [-0.15, -0.1) is 0 Å². The Bertz CT molecular complexity index is 595. The van der Waals surface area contributed by atoms with Gasteiger partial charge in [-0.3, -0.25) is 14.6 Å². The first-order valence-electron chi connectivity index (χ1n) is 8.91. The van der Waals surface area contributed by atoms with Crippen molar-refractivity contribution in [3.05, 3.63) is 29.8 Å². The van der Waals surface area contributed by atoms with Crippen molar-refractivity contribution in [3.8, 4) is 6.07 Å². The van der Waals surface area contributed by atoms with Crippen molar-refractivity contribution in [3.63, 3.8) is 0 Å². The first-order valence-corrected chi connectivity index (χ1v) is 10.1. The maximum absolute atomic E-state index is 12.3. The topological polar surface area (TPSA) is 59.4 Å². The molecule has 0 saturated carbocycles. The molecule has 6 heteroatoms. The number of likely N-dealkylation sites (N-methyl/N-ethyl adjacent to an activating group) is 1. The molecule has 0 aliphatic carbocycles. The summed E-state index contributed by atoms with van der Waals surface area (Å²) in [5, 5.41) is 11.9. The molecule has 1 aliphatic rings. The normalized spacial score (nSPS) is 16.4. The first-order chi connectivity index (χ1) is 12.1. The summed E-state index contributed by atoms with van der Waals surface area (Å²) >= 11 is 2.01. The van der Waals surface area contributed by atoms with E-state index in [-0.39, 0.29) is 11.8 Å². The van der Waals surface area contributed by atoms with Gasteiger partial charge in [0.25, 0.3) is 0 Å². The van der Waals surface area contributed by atoms with Crippen molar-refractivity contribution in [1.29, 1.82) is 5.26 Å². The van der Waals surface area contributed by atoms with E-state index in [0.29, 0.717) is 13.1 Å². The monoisotopic (exact) mass is 360 g/mol. The number of nitrogens with zero attached hydrogens (tertiary/aromatic N) is 3. The predicted octanol–water partition coefficient (Wildman–Crippen LogP) is 2.66. The Morgan fingerprint density at radius 2 is 2.20 bits per heavy atom. The number of carbonyl (C=O) groups excluding carboxylic acids is 1. The lowest BCUT2D eigenvalue weighted by molar-refractivity contribution is -0.117.